The van der Waals surface area contributed by atoms with E-state index < -0.39 is 0 Å². The molecular weight excluding hydrogens is 384 g/mol. The molecule has 31 heavy (non-hydrogen) atoms. The minimum absolute atomic E-state index is 0.0387. The van der Waals surface area contributed by atoms with E-state index in [9.17, 15) is 9.59 Å². The molecule has 1 N–H and O–H groups in total. The molecule has 3 rings (SSSR count). The standard InChI is InChI=1S/C27H30N2O2/c1-5-29(24-9-7-6-8-10-24)26(31)22-13-11-20(12-14-22)19-28-25(30)21-15-17-23(18-16-21)27(2,3)4/h6-18H,5,19H2,1-4H3,(H,28,30). The Morgan fingerprint density at radius 2 is 1.39 bits per heavy atom. The Labute approximate surface area is 184 Å². The second-order valence-electron chi connectivity index (χ2n) is 8.59. The zero-order valence-corrected chi connectivity index (χ0v) is 18.7. The fourth-order valence-corrected chi connectivity index (χ4v) is 3.38. The Bertz CT molecular complexity index is 1020. The van der Waals surface area contributed by atoms with Crippen molar-refractivity contribution < 1.29 is 9.59 Å². The van der Waals surface area contributed by atoms with Crippen molar-refractivity contribution in [3.05, 3.63) is 101 Å². The van der Waals surface area contributed by atoms with Gasteiger partial charge in [0.05, 0.1) is 0 Å². The Hall–Kier alpha value is -3.40. The quantitative estimate of drug-likeness (QED) is 0.572. The van der Waals surface area contributed by atoms with Crippen molar-refractivity contribution in [1.29, 1.82) is 0 Å². The molecule has 3 aromatic carbocycles. The molecule has 0 aliphatic carbocycles. The fraction of sp³-hybridized carbons (Fsp3) is 0.259. The summed E-state index contributed by atoms with van der Waals surface area (Å²) in [6.07, 6.45) is 0. The van der Waals surface area contributed by atoms with Crippen LogP contribution in [0.15, 0.2) is 78.9 Å². The summed E-state index contributed by atoms with van der Waals surface area (Å²) in [7, 11) is 0. The normalized spacial score (nSPS) is 11.1. The first kappa shape index (κ1) is 22.3. The zero-order chi connectivity index (χ0) is 22.4. The summed E-state index contributed by atoms with van der Waals surface area (Å²) in [5.41, 5.74) is 4.34. The van der Waals surface area contributed by atoms with Gasteiger partial charge >= 0.3 is 0 Å². The van der Waals surface area contributed by atoms with Gasteiger partial charge in [-0.05, 0) is 59.9 Å². The van der Waals surface area contributed by atoms with Crippen molar-refractivity contribution in [3.63, 3.8) is 0 Å². The highest BCUT2D eigenvalue weighted by Crippen LogP contribution is 2.22. The molecule has 0 bridgehead atoms. The SMILES string of the molecule is CCN(C(=O)c1ccc(CNC(=O)c2ccc(C(C)(C)C)cc2)cc1)c1ccccc1. The van der Waals surface area contributed by atoms with Crippen molar-refractivity contribution in [2.75, 3.05) is 11.4 Å². The predicted octanol–water partition coefficient (Wildman–Crippen LogP) is 5.58. The molecule has 4 nitrogen and oxygen atoms in total. The van der Waals surface area contributed by atoms with Gasteiger partial charge in [-0.15, -0.1) is 0 Å². The van der Waals surface area contributed by atoms with Gasteiger partial charge in [0.25, 0.3) is 11.8 Å². The molecule has 0 aliphatic heterocycles. The van der Waals surface area contributed by atoms with Crippen LogP contribution in [0.3, 0.4) is 0 Å². The third-order valence-electron chi connectivity index (χ3n) is 5.30. The monoisotopic (exact) mass is 414 g/mol. The Morgan fingerprint density at radius 3 is 1.94 bits per heavy atom. The number of rotatable bonds is 6. The van der Waals surface area contributed by atoms with Gasteiger partial charge in [-0.2, -0.15) is 0 Å². The van der Waals surface area contributed by atoms with E-state index >= 15 is 0 Å². The summed E-state index contributed by atoms with van der Waals surface area (Å²) in [6, 6.07) is 24.8. The summed E-state index contributed by atoms with van der Waals surface area (Å²) in [4.78, 5) is 27.1. The maximum Gasteiger partial charge on any atom is 0.258 e. The molecule has 0 heterocycles. The first-order chi connectivity index (χ1) is 14.8. The minimum atomic E-state index is -0.109. The second kappa shape index (κ2) is 9.61. The molecule has 4 heteroatoms. The molecule has 0 spiro atoms. The van der Waals surface area contributed by atoms with Crippen LogP contribution < -0.4 is 10.2 Å². The molecule has 0 atom stereocenters. The lowest BCUT2D eigenvalue weighted by Gasteiger charge is -2.21. The number of anilines is 1. The van der Waals surface area contributed by atoms with Crippen molar-refractivity contribution in [2.45, 2.75) is 39.7 Å². The fourth-order valence-electron chi connectivity index (χ4n) is 3.38. The highest BCUT2D eigenvalue weighted by Gasteiger charge is 2.16. The number of amides is 2. The highest BCUT2D eigenvalue weighted by atomic mass is 16.2. The first-order valence-corrected chi connectivity index (χ1v) is 10.6. The van der Waals surface area contributed by atoms with Gasteiger partial charge < -0.3 is 10.2 Å². The molecule has 0 aromatic heterocycles. The number of para-hydroxylation sites is 1. The Kier molecular flexibility index (Phi) is 6.91. The van der Waals surface area contributed by atoms with Gasteiger partial charge in [0.15, 0.2) is 0 Å². The van der Waals surface area contributed by atoms with Crippen molar-refractivity contribution in [2.24, 2.45) is 0 Å². The lowest BCUT2D eigenvalue weighted by Crippen LogP contribution is -2.30. The minimum Gasteiger partial charge on any atom is -0.348 e. The van der Waals surface area contributed by atoms with E-state index in [1.807, 2.05) is 85.8 Å². The smallest absolute Gasteiger partial charge is 0.258 e. The Balaban J connectivity index is 1.61. The van der Waals surface area contributed by atoms with Crippen LogP contribution in [0.2, 0.25) is 0 Å². The van der Waals surface area contributed by atoms with Crippen LogP contribution in [-0.4, -0.2) is 18.4 Å². The van der Waals surface area contributed by atoms with Gasteiger partial charge in [0.1, 0.15) is 0 Å². The summed E-state index contributed by atoms with van der Waals surface area (Å²) in [5.74, 6) is -0.148. The number of hydrogen-bond donors (Lipinski definition) is 1. The maximum absolute atomic E-state index is 12.9. The lowest BCUT2D eigenvalue weighted by atomic mass is 9.87. The summed E-state index contributed by atoms with van der Waals surface area (Å²) in [5, 5.41) is 2.95. The molecule has 0 saturated heterocycles. The molecule has 0 unspecified atom stereocenters. The van der Waals surface area contributed by atoms with Gasteiger partial charge in [0.2, 0.25) is 0 Å². The average molecular weight is 415 g/mol. The van der Waals surface area contributed by atoms with Crippen LogP contribution in [0.4, 0.5) is 5.69 Å². The molecule has 0 aliphatic rings. The summed E-state index contributed by atoms with van der Waals surface area (Å²) >= 11 is 0. The van der Waals surface area contributed by atoms with Crippen molar-refractivity contribution in [1.82, 2.24) is 5.32 Å². The van der Waals surface area contributed by atoms with Crippen LogP contribution in [-0.2, 0) is 12.0 Å². The number of carbonyl (C=O) groups excluding carboxylic acids is 2. The Morgan fingerprint density at radius 1 is 0.806 bits per heavy atom. The van der Waals surface area contributed by atoms with Crippen molar-refractivity contribution >= 4 is 17.5 Å². The van der Waals surface area contributed by atoms with Crippen LogP contribution >= 0.6 is 0 Å². The van der Waals surface area contributed by atoms with Gasteiger partial charge in [-0.25, -0.2) is 0 Å². The van der Waals surface area contributed by atoms with E-state index in [-0.39, 0.29) is 17.2 Å². The second-order valence-corrected chi connectivity index (χ2v) is 8.59. The van der Waals surface area contributed by atoms with Gasteiger partial charge in [0, 0.05) is 29.9 Å². The van der Waals surface area contributed by atoms with Crippen LogP contribution in [0.5, 0.6) is 0 Å². The number of carbonyl (C=O) groups is 2. The summed E-state index contributed by atoms with van der Waals surface area (Å²) < 4.78 is 0. The van der Waals surface area contributed by atoms with E-state index in [1.165, 1.54) is 5.56 Å². The topological polar surface area (TPSA) is 49.4 Å². The molecule has 0 saturated carbocycles. The molecule has 0 fully saturated rings. The highest BCUT2D eigenvalue weighted by molar-refractivity contribution is 6.06. The first-order valence-electron chi connectivity index (χ1n) is 10.6. The lowest BCUT2D eigenvalue weighted by molar-refractivity contribution is 0.0948. The maximum atomic E-state index is 12.9. The van der Waals surface area contributed by atoms with Crippen LogP contribution in [0.25, 0.3) is 0 Å². The largest absolute Gasteiger partial charge is 0.348 e. The van der Waals surface area contributed by atoms with E-state index in [0.29, 0.717) is 24.2 Å². The number of hydrogen-bond acceptors (Lipinski definition) is 2. The molecule has 3 aromatic rings. The van der Waals surface area contributed by atoms with Gasteiger partial charge in [-0.1, -0.05) is 63.2 Å². The third-order valence-corrected chi connectivity index (χ3v) is 5.30. The number of nitrogens with zero attached hydrogens (tertiary/aromatic N) is 1. The molecule has 2 amide bonds. The van der Waals surface area contributed by atoms with E-state index in [1.54, 1.807) is 4.90 Å². The number of nitrogens with one attached hydrogen (secondary N) is 1. The molecule has 160 valence electrons. The van der Waals surface area contributed by atoms with Crippen molar-refractivity contribution in [3.8, 4) is 0 Å². The van der Waals surface area contributed by atoms with E-state index in [0.717, 1.165) is 11.3 Å². The van der Waals surface area contributed by atoms with Gasteiger partial charge in [-0.3, -0.25) is 9.59 Å². The molecular formula is C27H30N2O2. The van der Waals surface area contributed by atoms with Crippen LogP contribution in [0.1, 0.15) is 59.5 Å². The third kappa shape index (κ3) is 5.60. The summed E-state index contributed by atoms with van der Waals surface area (Å²) in [6.45, 7) is 9.41. The van der Waals surface area contributed by atoms with E-state index in [2.05, 4.69) is 26.1 Å². The zero-order valence-electron chi connectivity index (χ0n) is 18.7. The predicted molar refractivity (Wildman–Crippen MR) is 127 cm³/mol. The van der Waals surface area contributed by atoms with Crippen LogP contribution in [0, 0.1) is 0 Å². The average Bonchev–Trinajstić information content (AvgIpc) is 2.78. The number of benzene rings is 3. The molecule has 0 radical (unpaired) electrons. The van der Waals surface area contributed by atoms with E-state index in [4.69, 9.17) is 0 Å².